The van der Waals surface area contributed by atoms with Crippen molar-refractivity contribution in [3.63, 3.8) is 0 Å². The molecule has 4 aromatic carbocycles. The molecule has 0 bridgehead atoms. The molecule has 5 aromatic rings. The van der Waals surface area contributed by atoms with Gasteiger partial charge in [0.05, 0.1) is 10.4 Å². The van der Waals surface area contributed by atoms with Crippen LogP contribution < -0.4 is 5.32 Å². The molecule has 36 heavy (non-hydrogen) atoms. The minimum absolute atomic E-state index is 0.0776. The molecule has 1 heterocycles. The first-order valence-electron chi connectivity index (χ1n) is 11.4. The van der Waals surface area contributed by atoms with Crippen molar-refractivity contribution in [2.75, 3.05) is 0 Å². The van der Waals surface area contributed by atoms with E-state index in [2.05, 4.69) is 5.32 Å². The number of para-hydroxylation sites is 1. The quantitative estimate of drug-likeness (QED) is 0.316. The number of amides is 1. The topological polar surface area (TPSA) is 68.2 Å². The summed E-state index contributed by atoms with van der Waals surface area (Å²) < 4.78 is 41.5. The van der Waals surface area contributed by atoms with Crippen molar-refractivity contribution < 1.29 is 17.6 Å². The van der Waals surface area contributed by atoms with Crippen LogP contribution >= 0.6 is 0 Å². The molecule has 0 saturated heterocycles. The fraction of sp³-hybridized carbons (Fsp3) is 0.0690. The SMILES string of the molecule is Cc1ccc(-c2cn(S(=O)(=O)c3ccc(C(=O)NCc4ccc(F)cc4)cc3)c3ccccc23)cc1. The second-order valence-corrected chi connectivity index (χ2v) is 10.4. The van der Waals surface area contributed by atoms with Crippen molar-refractivity contribution >= 4 is 26.8 Å². The molecule has 0 unspecified atom stereocenters. The third-order valence-corrected chi connectivity index (χ3v) is 7.77. The first-order chi connectivity index (χ1) is 17.3. The minimum Gasteiger partial charge on any atom is -0.348 e. The summed E-state index contributed by atoms with van der Waals surface area (Å²) in [6.45, 7) is 2.24. The Labute approximate surface area is 208 Å². The summed E-state index contributed by atoms with van der Waals surface area (Å²) in [5.41, 5.74) is 4.54. The van der Waals surface area contributed by atoms with E-state index < -0.39 is 10.0 Å². The van der Waals surface area contributed by atoms with Gasteiger partial charge in [-0.15, -0.1) is 0 Å². The fourth-order valence-electron chi connectivity index (χ4n) is 4.09. The van der Waals surface area contributed by atoms with E-state index >= 15 is 0 Å². The number of fused-ring (bicyclic) bond motifs is 1. The molecule has 0 spiro atoms. The van der Waals surface area contributed by atoms with E-state index in [1.807, 2.05) is 49.4 Å². The van der Waals surface area contributed by atoms with Crippen molar-refractivity contribution in [2.24, 2.45) is 0 Å². The predicted molar refractivity (Wildman–Crippen MR) is 139 cm³/mol. The molecular weight excluding hydrogens is 475 g/mol. The van der Waals surface area contributed by atoms with Gasteiger partial charge in [0.1, 0.15) is 5.82 Å². The van der Waals surface area contributed by atoms with Crippen molar-refractivity contribution in [3.05, 3.63) is 126 Å². The molecule has 1 N–H and O–H groups in total. The molecule has 0 aliphatic carbocycles. The number of nitrogens with one attached hydrogen (secondary N) is 1. The average molecular weight is 499 g/mol. The number of carbonyl (C=O) groups excluding carboxylic acids is 1. The number of nitrogens with zero attached hydrogens (tertiary/aromatic N) is 1. The largest absolute Gasteiger partial charge is 0.348 e. The Morgan fingerprint density at radius 3 is 2.22 bits per heavy atom. The molecule has 180 valence electrons. The molecule has 1 amide bonds. The number of aryl methyl sites for hydroxylation is 1. The minimum atomic E-state index is -3.91. The summed E-state index contributed by atoms with van der Waals surface area (Å²) in [5.74, 6) is -0.695. The number of hydrogen-bond donors (Lipinski definition) is 1. The van der Waals surface area contributed by atoms with Gasteiger partial charge in [-0.25, -0.2) is 16.8 Å². The number of benzene rings is 4. The lowest BCUT2D eigenvalue weighted by Crippen LogP contribution is -2.22. The molecule has 1 aromatic heterocycles. The highest BCUT2D eigenvalue weighted by molar-refractivity contribution is 7.90. The monoisotopic (exact) mass is 498 g/mol. The van der Waals surface area contributed by atoms with Crippen LogP contribution in [-0.4, -0.2) is 18.3 Å². The van der Waals surface area contributed by atoms with E-state index in [-0.39, 0.29) is 23.2 Å². The third kappa shape index (κ3) is 4.53. The summed E-state index contributed by atoms with van der Waals surface area (Å²) in [6, 6.07) is 27.0. The first-order valence-corrected chi connectivity index (χ1v) is 12.8. The van der Waals surface area contributed by atoms with Crippen molar-refractivity contribution in [1.29, 1.82) is 0 Å². The summed E-state index contributed by atoms with van der Waals surface area (Å²) in [4.78, 5) is 12.6. The molecular formula is C29H23FN2O3S. The highest BCUT2D eigenvalue weighted by Crippen LogP contribution is 2.33. The lowest BCUT2D eigenvalue weighted by molar-refractivity contribution is 0.0951. The van der Waals surface area contributed by atoms with Crippen molar-refractivity contribution in [1.82, 2.24) is 9.29 Å². The zero-order valence-electron chi connectivity index (χ0n) is 19.5. The Morgan fingerprint density at radius 1 is 0.861 bits per heavy atom. The maximum absolute atomic E-state index is 13.6. The molecule has 7 heteroatoms. The molecule has 0 saturated carbocycles. The summed E-state index contributed by atoms with van der Waals surface area (Å²) in [6.07, 6.45) is 1.65. The molecule has 0 fully saturated rings. The maximum atomic E-state index is 13.6. The molecule has 5 nitrogen and oxygen atoms in total. The Kier molecular flexibility index (Phi) is 6.16. The number of rotatable bonds is 6. The molecule has 5 rings (SSSR count). The highest BCUT2D eigenvalue weighted by atomic mass is 32.2. The fourth-order valence-corrected chi connectivity index (χ4v) is 5.46. The smallest absolute Gasteiger partial charge is 0.268 e. The van der Waals surface area contributed by atoms with E-state index in [1.165, 1.54) is 40.4 Å². The predicted octanol–water partition coefficient (Wildman–Crippen LogP) is 5.92. The van der Waals surface area contributed by atoms with Gasteiger partial charge in [-0.05, 0) is 60.5 Å². The van der Waals surface area contributed by atoms with Crippen LogP contribution in [0.4, 0.5) is 4.39 Å². The Morgan fingerprint density at radius 2 is 1.53 bits per heavy atom. The number of halogens is 1. The Bertz CT molecular complexity index is 1660. The molecule has 0 aliphatic heterocycles. The summed E-state index contributed by atoms with van der Waals surface area (Å²) in [7, 11) is -3.91. The Hall–Kier alpha value is -4.23. The second-order valence-electron chi connectivity index (χ2n) is 8.56. The van der Waals surface area contributed by atoms with Gasteiger partial charge in [0.2, 0.25) is 0 Å². The van der Waals surface area contributed by atoms with Crippen LogP contribution in [0, 0.1) is 12.7 Å². The maximum Gasteiger partial charge on any atom is 0.268 e. The van der Waals surface area contributed by atoms with Gasteiger partial charge in [-0.1, -0.05) is 60.2 Å². The third-order valence-electron chi connectivity index (χ3n) is 6.08. The van der Waals surface area contributed by atoms with Gasteiger partial charge >= 0.3 is 0 Å². The van der Waals surface area contributed by atoms with Crippen LogP contribution in [0.5, 0.6) is 0 Å². The number of hydrogen-bond acceptors (Lipinski definition) is 3. The van der Waals surface area contributed by atoms with E-state index in [0.29, 0.717) is 11.1 Å². The van der Waals surface area contributed by atoms with Crippen LogP contribution in [0.15, 0.2) is 108 Å². The average Bonchev–Trinajstić information content (AvgIpc) is 3.29. The zero-order valence-corrected chi connectivity index (χ0v) is 20.3. The molecule has 0 radical (unpaired) electrons. The van der Waals surface area contributed by atoms with Gasteiger partial charge < -0.3 is 5.32 Å². The second kappa shape index (κ2) is 9.43. The van der Waals surface area contributed by atoms with Gasteiger partial charge in [0, 0.05) is 29.3 Å². The summed E-state index contributed by atoms with van der Waals surface area (Å²) in [5, 5.41) is 3.59. The molecule has 0 aliphatic rings. The highest BCUT2D eigenvalue weighted by Gasteiger charge is 2.22. The van der Waals surface area contributed by atoms with Crippen LogP contribution in [0.25, 0.3) is 22.0 Å². The van der Waals surface area contributed by atoms with Gasteiger partial charge in [0.25, 0.3) is 15.9 Å². The van der Waals surface area contributed by atoms with Gasteiger partial charge in [0.15, 0.2) is 0 Å². The van der Waals surface area contributed by atoms with Gasteiger partial charge in [-0.3, -0.25) is 4.79 Å². The lowest BCUT2D eigenvalue weighted by Gasteiger charge is -2.09. The van der Waals surface area contributed by atoms with Crippen LogP contribution in [0.1, 0.15) is 21.5 Å². The van der Waals surface area contributed by atoms with E-state index in [4.69, 9.17) is 0 Å². The van der Waals surface area contributed by atoms with Crippen LogP contribution in [0.2, 0.25) is 0 Å². The first kappa shape index (κ1) is 23.5. The van der Waals surface area contributed by atoms with E-state index in [0.717, 1.165) is 27.6 Å². The normalized spacial score (nSPS) is 11.5. The number of aromatic nitrogens is 1. The summed E-state index contributed by atoms with van der Waals surface area (Å²) >= 11 is 0. The van der Waals surface area contributed by atoms with Crippen molar-refractivity contribution in [3.8, 4) is 11.1 Å². The lowest BCUT2D eigenvalue weighted by atomic mass is 10.0. The van der Waals surface area contributed by atoms with Crippen LogP contribution in [0.3, 0.4) is 0 Å². The van der Waals surface area contributed by atoms with Crippen molar-refractivity contribution in [2.45, 2.75) is 18.4 Å². The van der Waals surface area contributed by atoms with E-state index in [1.54, 1.807) is 24.4 Å². The van der Waals surface area contributed by atoms with E-state index in [9.17, 15) is 17.6 Å². The van der Waals surface area contributed by atoms with Crippen LogP contribution in [-0.2, 0) is 16.6 Å². The zero-order chi connectivity index (χ0) is 25.3. The Balaban J connectivity index is 1.43. The van der Waals surface area contributed by atoms with Gasteiger partial charge in [-0.2, -0.15) is 0 Å². The molecule has 0 atom stereocenters. The number of carbonyl (C=O) groups is 1. The standard InChI is InChI=1S/C29H23FN2O3S/c1-20-6-10-22(11-7-20)27-19-32(28-5-3-2-4-26(27)28)36(34,35)25-16-12-23(13-17-25)29(33)31-18-21-8-14-24(30)15-9-21/h2-17,19H,18H2,1H3,(H,31,33).